The lowest BCUT2D eigenvalue weighted by Gasteiger charge is -2.12. The smallest absolute Gasteiger partial charge is 0.243 e. The second-order valence-corrected chi connectivity index (χ2v) is 7.03. The molecule has 0 aromatic heterocycles. The fraction of sp³-hybridized carbons (Fsp3) is 0.529. The van der Waals surface area contributed by atoms with Crippen molar-refractivity contribution in [2.75, 3.05) is 0 Å². The van der Waals surface area contributed by atoms with Crippen LogP contribution in [0.4, 0.5) is 0 Å². The van der Waals surface area contributed by atoms with Crippen LogP contribution in [0.25, 0.3) is 0 Å². The van der Waals surface area contributed by atoms with Gasteiger partial charge < -0.3 is 5.73 Å². The molecule has 0 bridgehead atoms. The summed E-state index contributed by atoms with van der Waals surface area (Å²) in [6.07, 6.45) is 0.428. The van der Waals surface area contributed by atoms with E-state index in [0.717, 1.165) is 5.56 Å². The average Bonchev–Trinajstić information content (AvgIpc) is 2.80. The number of imide groups is 1. The maximum absolute atomic E-state index is 12.2. The van der Waals surface area contributed by atoms with E-state index in [1.807, 2.05) is 58.0 Å². The molecule has 0 heterocycles. The molecule has 1 aromatic carbocycles. The summed E-state index contributed by atoms with van der Waals surface area (Å²) in [4.78, 5) is 24.3. The van der Waals surface area contributed by atoms with Crippen LogP contribution in [-0.2, 0) is 16.0 Å². The summed E-state index contributed by atoms with van der Waals surface area (Å²) >= 11 is 0. The number of rotatable bonds is 4. The Morgan fingerprint density at radius 2 is 1.67 bits per heavy atom. The highest BCUT2D eigenvalue weighted by Gasteiger charge is 2.68. The van der Waals surface area contributed by atoms with Crippen LogP contribution in [0.1, 0.15) is 33.3 Å². The molecule has 3 N–H and O–H groups in total. The quantitative estimate of drug-likeness (QED) is 0.888. The van der Waals surface area contributed by atoms with Crippen molar-refractivity contribution in [3.8, 4) is 0 Å². The van der Waals surface area contributed by atoms with E-state index in [1.54, 1.807) is 0 Å². The van der Waals surface area contributed by atoms with Crippen molar-refractivity contribution in [1.29, 1.82) is 0 Å². The second-order valence-electron chi connectivity index (χ2n) is 7.03. The zero-order valence-electron chi connectivity index (χ0n) is 13.1. The number of hydrogen-bond donors (Lipinski definition) is 2. The molecule has 1 aromatic rings. The Labute approximate surface area is 126 Å². The molecule has 1 aliphatic carbocycles. The van der Waals surface area contributed by atoms with Crippen LogP contribution in [0.5, 0.6) is 0 Å². The van der Waals surface area contributed by atoms with Crippen LogP contribution in [0.2, 0.25) is 0 Å². The van der Waals surface area contributed by atoms with E-state index in [1.165, 1.54) is 0 Å². The highest BCUT2D eigenvalue weighted by Crippen LogP contribution is 2.68. The Morgan fingerprint density at radius 1 is 1.14 bits per heavy atom. The first-order valence-corrected chi connectivity index (χ1v) is 7.32. The predicted molar refractivity (Wildman–Crippen MR) is 82.3 cm³/mol. The van der Waals surface area contributed by atoms with Gasteiger partial charge in [0.15, 0.2) is 0 Å². The lowest BCUT2D eigenvalue weighted by Crippen LogP contribution is -2.45. The molecule has 4 heteroatoms. The van der Waals surface area contributed by atoms with E-state index < -0.39 is 11.9 Å². The summed E-state index contributed by atoms with van der Waals surface area (Å²) < 4.78 is 0. The van der Waals surface area contributed by atoms with E-state index in [4.69, 9.17) is 5.73 Å². The zero-order chi connectivity index (χ0) is 15.8. The SMILES string of the molecule is CC1(C)C(C(=O)NC(=O)[C@@H](N)Cc2ccccc2)C1(C)C. The minimum absolute atomic E-state index is 0.0825. The Kier molecular flexibility index (Phi) is 3.93. The Balaban J connectivity index is 1.92. The van der Waals surface area contributed by atoms with E-state index >= 15 is 0 Å². The molecule has 4 nitrogen and oxygen atoms in total. The van der Waals surface area contributed by atoms with E-state index in [9.17, 15) is 9.59 Å². The average molecular weight is 288 g/mol. The molecule has 0 radical (unpaired) electrons. The van der Waals surface area contributed by atoms with Gasteiger partial charge in [0.2, 0.25) is 11.8 Å². The summed E-state index contributed by atoms with van der Waals surface area (Å²) in [5, 5.41) is 2.47. The number of carbonyl (C=O) groups excluding carboxylic acids is 2. The van der Waals surface area contributed by atoms with Crippen molar-refractivity contribution < 1.29 is 9.59 Å². The summed E-state index contributed by atoms with van der Waals surface area (Å²) in [6.45, 7) is 8.19. The number of benzene rings is 1. The minimum atomic E-state index is -0.707. The highest BCUT2D eigenvalue weighted by molar-refractivity contribution is 6.00. The van der Waals surface area contributed by atoms with E-state index in [0.29, 0.717) is 6.42 Å². The second kappa shape index (κ2) is 5.26. The molecule has 0 unspecified atom stereocenters. The molecule has 0 aliphatic heterocycles. The summed E-state index contributed by atoms with van der Waals surface area (Å²) in [6, 6.07) is 8.85. The maximum atomic E-state index is 12.2. The van der Waals surface area contributed by atoms with Gasteiger partial charge in [-0.05, 0) is 22.8 Å². The van der Waals surface area contributed by atoms with Crippen molar-refractivity contribution >= 4 is 11.8 Å². The molecule has 2 amide bonds. The van der Waals surface area contributed by atoms with Gasteiger partial charge >= 0.3 is 0 Å². The molecule has 1 atom stereocenters. The zero-order valence-corrected chi connectivity index (χ0v) is 13.1. The fourth-order valence-corrected chi connectivity index (χ4v) is 3.10. The van der Waals surface area contributed by atoms with Crippen LogP contribution < -0.4 is 11.1 Å². The van der Waals surface area contributed by atoms with E-state index in [2.05, 4.69) is 5.32 Å². The fourth-order valence-electron chi connectivity index (χ4n) is 3.10. The molecular weight excluding hydrogens is 264 g/mol. The molecule has 114 valence electrons. The minimum Gasteiger partial charge on any atom is -0.320 e. The van der Waals surface area contributed by atoms with Gasteiger partial charge in [0.1, 0.15) is 0 Å². The molecule has 1 aliphatic rings. The van der Waals surface area contributed by atoms with Gasteiger partial charge in [0.05, 0.1) is 6.04 Å². The van der Waals surface area contributed by atoms with Gasteiger partial charge in [-0.2, -0.15) is 0 Å². The number of nitrogens with one attached hydrogen (secondary N) is 1. The van der Waals surface area contributed by atoms with Gasteiger partial charge in [-0.15, -0.1) is 0 Å². The molecular formula is C17H24N2O2. The van der Waals surface area contributed by atoms with E-state index in [-0.39, 0.29) is 22.7 Å². The third-order valence-electron chi connectivity index (χ3n) is 5.16. The number of carbonyl (C=O) groups is 2. The molecule has 2 rings (SSSR count). The topological polar surface area (TPSA) is 72.2 Å². The molecule has 21 heavy (non-hydrogen) atoms. The Morgan fingerprint density at radius 3 is 2.14 bits per heavy atom. The van der Waals surface area contributed by atoms with Crippen molar-refractivity contribution in [1.82, 2.24) is 5.32 Å². The van der Waals surface area contributed by atoms with Crippen molar-refractivity contribution in [2.45, 2.75) is 40.2 Å². The maximum Gasteiger partial charge on any atom is 0.243 e. The lowest BCUT2D eigenvalue weighted by atomic mass is 10.0. The first-order chi connectivity index (χ1) is 9.68. The standard InChI is InChI=1S/C17H24N2O2/c1-16(2)13(17(16,3)4)15(21)19-14(20)12(18)10-11-8-6-5-7-9-11/h5-9,12-13H,10,18H2,1-4H3,(H,19,20,21)/t12-/m0/s1. The van der Waals surface area contributed by atoms with Crippen LogP contribution in [0.15, 0.2) is 30.3 Å². The highest BCUT2D eigenvalue weighted by atomic mass is 16.2. The van der Waals surface area contributed by atoms with Crippen LogP contribution >= 0.6 is 0 Å². The molecule has 1 fully saturated rings. The van der Waals surface area contributed by atoms with Gasteiger partial charge in [-0.25, -0.2) is 0 Å². The van der Waals surface area contributed by atoms with Crippen LogP contribution in [0, 0.1) is 16.7 Å². The first kappa shape index (κ1) is 15.7. The van der Waals surface area contributed by atoms with Gasteiger partial charge in [-0.3, -0.25) is 14.9 Å². The van der Waals surface area contributed by atoms with Crippen molar-refractivity contribution in [2.24, 2.45) is 22.5 Å². The summed E-state index contributed by atoms with van der Waals surface area (Å²) in [7, 11) is 0. The third-order valence-corrected chi connectivity index (χ3v) is 5.16. The Bertz CT molecular complexity index is 535. The Hall–Kier alpha value is -1.68. The first-order valence-electron chi connectivity index (χ1n) is 7.32. The lowest BCUT2D eigenvalue weighted by molar-refractivity contribution is -0.132. The number of nitrogens with two attached hydrogens (primary N) is 1. The van der Waals surface area contributed by atoms with Crippen molar-refractivity contribution in [3.63, 3.8) is 0 Å². The largest absolute Gasteiger partial charge is 0.320 e. The van der Waals surface area contributed by atoms with Crippen molar-refractivity contribution in [3.05, 3.63) is 35.9 Å². The summed E-state index contributed by atoms with van der Waals surface area (Å²) in [5.41, 5.74) is 6.71. The normalized spacial score (nSPS) is 20.6. The van der Waals surface area contributed by atoms with Gasteiger partial charge in [-0.1, -0.05) is 58.0 Å². The van der Waals surface area contributed by atoms with Gasteiger partial charge in [0, 0.05) is 5.92 Å². The predicted octanol–water partition coefficient (Wildman–Crippen LogP) is 1.88. The van der Waals surface area contributed by atoms with Crippen LogP contribution in [-0.4, -0.2) is 17.9 Å². The number of hydrogen-bond acceptors (Lipinski definition) is 3. The van der Waals surface area contributed by atoms with Crippen LogP contribution in [0.3, 0.4) is 0 Å². The molecule has 1 saturated carbocycles. The summed E-state index contributed by atoms with van der Waals surface area (Å²) in [5.74, 6) is -0.751. The van der Waals surface area contributed by atoms with Gasteiger partial charge in [0.25, 0.3) is 0 Å². The number of amides is 2. The molecule has 0 saturated heterocycles. The monoisotopic (exact) mass is 288 g/mol. The third kappa shape index (κ3) is 2.86. The molecule has 0 spiro atoms.